The Hall–Kier alpha value is -0.0831. The summed E-state index contributed by atoms with van der Waals surface area (Å²) in [7, 11) is 0.111. The molecule has 0 bridgehead atoms. The number of hydrogen-bond acceptors (Lipinski definition) is 1. The maximum Gasteiger partial charge on any atom is 0.0453 e. The van der Waals surface area contributed by atoms with Crippen LogP contribution in [0.15, 0.2) is 11.3 Å². The number of rotatable bonds is 8. The van der Waals surface area contributed by atoms with Gasteiger partial charge in [-0.15, -0.1) is 5.70 Å². The van der Waals surface area contributed by atoms with Gasteiger partial charge in [-0.25, -0.2) is 0 Å². The van der Waals surface area contributed by atoms with Gasteiger partial charge < -0.3 is 4.90 Å². The van der Waals surface area contributed by atoms with Gasteiger partial charge in [0.1, 0.15) is 0 Å². The molecule has 0 saturated heterocycles. The maximum atomic E-state index is 2.57. The van der Waals surface area contributed by atoms with Crippen molar-refractivity contribution in [2.45, 2.75) is 46.6 Å². The molecule has 0 aromatic rings. The third-order valence-electron chi connectivity index (χ3n) is 2.47. The van der Waals surface area contributed by atoms with Gasteiger partial charge in [-0.2, -0.15) is 0 Å². The third kappa shape index (κ3) is 8.51. The number of nitrogens with zero attached hydrogens (tertiary/aromatic N) is 1. The third-order valence-corrected chi connectivity index (χ3v) is 4.48. The van der Waals surface area contributed by atoms with Crippen LogP contribution in [0, 0.1) is 0 Å². The quantitative estimate of drug-likeness (QED) is 0.442. The minimum Gasteiger partial charge on any atom is -0.304 e. The molecular weight excluding hydrogens is 186 g/mol. The Labute approximate surface area is 92.4 Å². The summed E-state index contributed by atoms with van der Waals surface area (Å²) in [5.74, 6) is 0. The highest BCUT2D eigenvalue weighted by molar-refractivity contribution is 6.42. The van der Waals surface area contributed by atoms with Crippen molar-refractivity contribution in [2.24, 2.45) is 0 Å². The van der Waals surface area contributed by atoms with Gasteiger partial charge in [0.15, 0.2) is 0 Å². The first-order valence-corrected chi connectivity index (χ1v) is 7.88. The summed E-state index contributed by atoms with van der Waals surface area (Å²) < 4.78 is 0. The Morgan fingerprint density at radius 3 is 2.43 bits per heavy atom. The second kappa shape index (κ2) is 9.47. The van der Waals surface area contributed by atoms with E-state index in [1.807, 2.05) is 0 Å². The van der Waals surface area contributed by atoms with Crippen LogP contribution in [0.1, 0.15) is 40.5 Å². The Balaban J connectivity index is 3.37. The van der Waals surface area contributed by atoms with E-state index in [2.05, 4.69) is 38.3 Å². The summed E-state index contributed by atoms with van der Waals surface area (Å²) in [5, 5.41) is 0. The fraction of sp³-hybridized carbons (Fsp3) is 0.833. The summed E-state index contributed by atoms with van der Waals surface area (Å²) in [6.07, 6.45) is 2.70. The predicted octanol–water partition coefficient (Wildman–Crippen LogP) is 2.62. The van der Waals surface area contributed by atoms with Crippen molar-refractivity contribution in [3.05, 3.63) is 11.3 Å². The molecule has 0 aliphatic carbocycles. The first kappa shape index (κ1) is 13.9. The van der Waals surface area contributed by atoms with E-state index in [1.54, 1.807) is 0 Å². The smallest absolute Gasteiger partial charge is 0.0453 e. The summed E-state index contributed by atoms with van der Waals surface area (Å²) in [6, 6.07) is 1.48. The molecule has 0 aromatic carbocycles. The van der Waals surface area contributed by atoms with Gasteiger partial charge >= 0.3 is 0 Å². The van der Waals surface area contributed by atoms with Crippen molar-refractivity contribution < 1.29 is 0 Å². The number of allylic oxidation sites excluding steroid dienone is 1. The van der Waals surface area contributed by atoms with Crippen molar-refractivity contribution in [1.82, 2.24) is 4.90 Å². The summed E-state index contributed by atoms with van der Waals surface area (Å²) in [4.78, 5) is 2.57. The molecule has 0 heterocycles. The van der Waals surface area contributed by atoms with E-state index < -0.39 is 0 Å². The van der Waals surface area contributed by atoms with Crippen LogP contribution in [-0.4, -0.2) is 34.1 Å². The van der Waals surface area contributed by atoms with E-state index in [0.29, 0.717) is 0 Å². The first-order chi connectivity index (χ1) is 6.70. The molecule has 0 rings (SSSR count). The minimum atomic E-state index is 0.111. The second-order valence-corrected chi connectivity index (χ2v) is 5.90. The Bertz CT molecular complexity index is 150. The monoisotopic (exact) mass is 213 g/mol. The Morgan fingerprint density at radius 2 is 1.93 bits per heavy atom. The van der Waals surface area contributed by atoms with Crippen LogP contribution in [0.5, 0.6) is 0 Å². The SMILES string of the molecule is CCCN(CC)CCC[SiH2]C=C(C)C. The van der Waals surface area contributed by atoms with Crippen molar-refractivity contribution >= 4 is 9.52 Å². The normalized spacial score (nSPS) is 11.5. The minimum absolute atomic E-state index is 0.111. The molecule has 84 valence electrons. The van der Waals surface area contributed by atoms with E-state index in [9.17, 15) is 0 Å². The maximum absolute atomic E-state index is 2.57. The van der Waals surface area contributed by atoms with Crippen molar-refractivity contribution in [3.63, 3.8) is 0 Å². The van der Waals surface area contributed by atoms with E-state index in [-0.39, 0.29) is 9.52 Å². The fourth-order valence-electron chi connectivity index (χ4n) is 1.61. The van der Waals surface area contributed by atoms with E-state index in [0.717, 1.165) is 0 Å². The average Bonchev–Trinajstić information content (AvgIpc) is 2.15. The molecule has 0 aliphatic rings. The molecule has 0 aliphatic heterocycles. The van der Waals surface area contributed by atoms with Crippen molar-refractivity contribution in [3.8, 4) is 0 Å². The molecule has 0 aromatic heterocycles. The highest BCUT2D eigenvalue weighted by Crippen LogP contribution is 1.98. The fourth-order valence-corrected chi connectivity index (χ4v) is 2.91. The van der Waals surface area contributed by atoms with Crippen LogP contribution in [0.4, 0.5) is 0 Å². The lowest BCUT2D eigenvalue weighted by atomic mass is 10.3. The molecule has 0 spiro atoms. The van der Waals surface area contributed by atoms with Gasteiger partial charge in [0.25, 0.3) is 0 Å². The standard InChI is InChI=1S/C12H27NSi/c1-5-8-13(6-2)9-7-10-14-11-12(3)4/h11H,5-10,14H2,1-4H3. The largest absolute Gasteiger partial charge is 0.304 e. The van der Waals surface area contributed by atoms with Crippen LogP contribution in [-0.2, 0) is 0 Å². The molecule has 0 unspecified atom stereocenters. The second-order valence-electron chi connectivity index (χ2n) is 4.21. The molecule has 0 atom stereocenters. The van der Waals surface area contributed by atoms with Crippen molar-refractivity contribution in [1.29, 1.82) is 0 Å². The van der Waals surface area contributed by atoms with E-state index in [4.69, 9.17) is 0 Å². The zero-order chi connectivity index (χ0) is 10.8. The van der Waals surface area contributed by atoms with Gasteiger partial charge in [-0.1, -0.05) is 25.5 Å². The molecule has 0 amide bonds. The molecule has 0 fully saturated rings. The van der Waals surface area contributed by atoms with Crippen LogP contribution in [0.3, 0.4) is 0 Å². The van der Waals surface area contributed by atoms with E-state index in [1.165, 1.54) is 44.1 Å². The highest BCUT2D eigenvalue weighted by atomic mass is 28.2. The Kier molecular flexibility index (Phi) is 9.41. The van der Waals surface area contributed by atoms with Gasteiger partial charge in [0.05, 0.1) is 0 Å². The first-order valence-electron chi connectivity index (χ1n) is 6.06. The van der Waals surface area contributed by atoms with Crippen LogP contribution in [0.25, 0.3) is 0 Å². The zero-order valence-corrected chi connectivity index (χ0v) is 11.9. The molecular formula is C12H27NSi. The average molecular weight is 213 g/mol. The Morgan fingerprint density at radius 1 is 1.21 bits per heavy atom. The van der Waals surface area contributed by atoms with Gasteiger partial charge in [-0.05, 0) is 46.3 Å². The van der Waals surface area contributed by atoms with Crippen LogP contribution in [0.2, 0.25) is 6.04 Å². The topological polar surface area (TPSA) is 3.24 Å². The summed E-state index contributed by atoms with van der Waals surface area (Å²) >= 11 is 0. The molecule has 1 nitrogen and oxygen atoms in total. The zero-order valence-electron chi connectivity index (χ0n) is 10.5. The highest BCUT2D eigenvalue weighted by Gasteiger charge is 1.98. The van der Waals surface area contributed by atoms with Gasteiger partial charge in [-0.3, -0.25) is 0 Å². The lowest BCUT2D eigenvalue weighted by molar-refractivity contribution is 0.289. The van der Waals surface area contributed by atoms with Gasteiger partial charge in [0, 0.05) is 9.52 Å². The van der Waals surface area contributed by atoms with Crippen LogP contribution >= 0.6 is 0 Å². The lowest BCUT2D eigenvalue weighted by Gasteiger charge is -2.18. The van der Waals surface area contributed by atoms with E-state index >= 15 is 0 Å². The predicted molar refractivity (Wildman–Crippen MR) is 69.8 cm³/mol. The van der Waals surface area contributed by atoms with Crippen molar-refractivity contribution in [2.75, 3.05) is 19.6 Å². The molecule has 0 N–H and O–H groups in total. The van der Waals surface area contributed by atoms with Crippen LogP contribution < -0.4 is 0 Å². The summed E-state index contributed by atoms with van der Waals surface area (Å²) in [6.45, 7) is 12.8. The molecule has 14 heavy (non-hydrogen) atoms. The molecule has 0 saturated carbocycles. The number of hydrogen-bond donors (Lipinski definition) is 0. The lowest BCUT2D eigenvalue weighted by Crippen LogP contribution is -2.25. The molecule has 2 heteroatoms. The van der Waals surface area contributed by atoms with Gasteiger partial charge in [0.2, 0.25) is 0 Å². The molecule has 0 radical (unpaired) electrons. The summed E-state index contributed by atoms with van der Waals surface area (Å²) in [5.41, 5.74) is 3.99.